The summed E-state index contributed by atoms with van der Waals surface area (Å²) in [6, 6.07) is 11.1. The van der Waals surface area contributed by atoms with Gasteiger partial charge in [-0.3, -0.25) is 29.8 Å². The van der Waals surface area contributed by atoms with Crippen LogP contribution in [0.1, 0.15) is 28.4 Å². The van der Waals surface area contributed by atoms with Gasteiger partial charge >= 0.3 is 0 Å². The first kappa shape index (κ1) is 17.7. The zero-order valence-electron chi connectivity index (χ0n) is 12.7. The Hall–Kier alpha value is -3.62. The lowest BCUT2D eigenvalue weighted by Crippen LogP contribution is -2.11. The van der Waals surface area contributed by atoms with Gasteiger partial charge in [-0.1, -0.05) is 30.3 Å². The molecule has 0 aliphatic heterocycles. The van der Waals surface area contributed by atoms with Crippen molar-refractivity contribution in [2.24, 2.45) is 0 Å². The summed E-state index contributed by atoms with van der Waals surface area (Å²) in [5, 5.41) is 21.8. The highest BCUT2D eigenvalue weighted by Crippen LogP contribution is 2.27. The zero-order chi connectivity index (χ0) is 18.4. The number of hydrogen-bond donors (Lipinski definition) is 0. The first-order chi connectivity index (χ1) is 11.9. The predicted molar refractivity (Wildman–Crippen MR) is 85.0 cm³/mol. The number of hydrogen-bond acceptors (Lipinski definition) is 7. The minimum Gasteiger partial charge on any atom is -0.459 e. The van der Waals surface area contributed by atoms with Gasteiger partial charge in [0.25, 0.3) is 17.8 Å². The fourth-order valence-corrected chi connectivity index (χ4v) is 2.23. The number of non-ortho nitro benzene ring substituents is 2. The average molecular weight is 344 g/mol. The molecule has 0 aliphatic carbocycles. The predicted octanol–water partition coefficient (Wildman–Crippen LogP) is 2.99. The van der Waals surface area contributed by atoms with Crippen molar-refractivity contribution in [3.63, 3.8) is 0 Å². The van der Waals surface area contributed by atoms with E-state index in [9.17, 15) is 29.8 Å². The van der Waals surface area contributed by atoms with Gasteiger partial charge in [-0.25, -0.2) is 0 Å². The minimum atomic E-state index is -0.899. The summed E-state index contributed by atoms with van der Waals surface area (Å²) in [4.78, 5) is 43.2. The maximum atomic E-state index is 12.4. The second kappa shape index (κ2) is 7.77. The third-order valence-electron chi connectivity index (χ3n) is 3.41. The van der Waals surface area contributed by atoms with Crippen molar-refractivity contribution < 1.29 is 24.2 Å². The highest BCUT2D eigenvalue weighted by atomic mass is 16.6. The summed E-state index contributed by atoms with van der Waals surface area (Å²) in [7, 11) is 0. The fourth-order valence-electron chi connectivity index (χ4n) is 2.23. The molecule has 9 nitrogen and oxygen atoms in total. The van der Waals surface area contributed by atoms with Gasteiger partial charge in [-0.15, -0.1) is 0 Å². The standard InChI is InChI=1S/C16H12N2O7/c19-10-25-16(11-4-2-1-3-5-11)9-15(20)12-6-13(17(21)22)8-14(7-12)18(23)24/h1-8,10,16H,9H2/t16-/m0/s1. The van der Waals surface area contributed by atoms with Gasteiger partial charge in [-0.05, 0) is 5.56 Å². The summed E-state index contributed by atoms with van der Waals surface area (Å²) in [5.41, 5.74) is -0.769. The maximum Gasteiger partial charge on any atom is 0.293 e. The van der Waals surface area contributed by atoms with E-state index in [1.54, 1.807) is 30.3 Å². The van der Waals surface area contributed by atoms with E-state index in [2.05, 4.69) is 0 Å². The van der Waals surface area contributed by atoms with Crippen molar-refractivity contribution in [2.75, 3.05) is 0 Å². The van der Waals surface area contributed by atoms with Crippen molar-refractivity contribution >= 4 is 23.6 Å². The van der Waals surface area contributed by atoms with Crippen LogP contribution in [0.4, 0.5) is 11.4 Å². The fraction of sp³-hybridized carbons (Fsp3) is 0.125. The van der Waals surface area contributed by atoms with Gasteiger partial charge in [0.1, 0.15) is 6.10 Å². The second-order valence-corrected chi connectivity index (χ2v) is 5.01. The summed E-state index contributed by atoms with van der Waals surface area (Å²) < 4.78 is 4.91. The molecule has 0 N–H and O–H groups in total. The van der Waals surface area contributed by atoms with Crippen molar-refractivity contribution in [3.05, 3.63) is 79.9 Å². The molecular weight excluding hydrogens is 332 g/mol. The molecular formula is C16H12N2O7. The van der Waals surface area contributed by atoms with E-state index in [1.165, 1.54) is 0 Å². The number of nitrogens with zero attached hydrogens (tertiary/aromatic N) is 2. The molecule has 0 heterocycles. The molecule has 2 aromatic rings. The van der Waals surface area contributed by atoms with Gasteiger partial charge in [0.15, 0.2) is 5.78 Å². The summed E-state index contributed by atoms with van der Waals surface area (Å²) in [5.74, 6) is -0.623. The molecule has 0 radical (unpaired) electrons. The minimum absolute atomic E-state index is 0.195. The van der Waals surface area contributed by atoms with Gasteiger partial charge in [0.2, 0.25) is 0 Å². The van der Waals surface area contributed by atoms with Crippen molar-refractivity contribution in [1.82, 2.24) is 0 Å². The molecule has 1 atom stereocenters. The molecule has 128 valence electrons. The largest absolute Gasteiger partial charge is 0.459 e. The number of ketones is 1. The summed E-state index contributed by atoms with van der Waals surface area (Å²) >= 11 is 0. The van der Waals surface area contributed by atoms with Gasteiger partial charge < -0.3 is 4.74 Å². The van der Waals surface area contributed by atoms with E-state index in [4.69, 9.17) is 4.74 Å². The lowest BCUT2D eigenvalue weighted by atomic mass is 9.99. The molecule has 0 aliphatic rings. The Labute approximate surface area is 141 Å². The van der Waals surface area contributed by atoms with E-state index in [0.29, 0.717) is 5.56 Å². The number of nitro groups is 2. The van der Waals surface area contributed by atoms with Crippen molar-refractivity contribution in [1.29, 1.82) is 0 Å². The Morgan fingerprint density at radius 2 is 1.60 bits per heavy atom. The molecule has 0 saturated heterocycles. The van der Waals surface area contributed by atoms with Crippen LogP contribution in [0.2, 0.25) is 0 Å². The second-order valence-electron chi connectivity index (χ2n) is 5.01. The Balaban J connectivity index is 2.34. The smallest absolute Gasteiger partial charge is 0.293 e. The average Bonchev–Trinajstić information content (AvgIpc) is 2.61. The summed E-state index contributed by atoms with van der Waals surface area (Å²) in [6.07, 6.45) is -1.20. The monoisotopic (exact) mass is 344 g/mol. The SMILES string of the molecule is O=CO[C@@H](CC(=O)c1cc([N+](=O)[O-])cc([N+](=O)[O-])c1)c1ccccc1. The molecule has 9 heteroatoms. The van der Waals surface area contributed by atoms with Gasteiger partial charge in [0.05, 0.1) is 22.3 Å². The molecule has 0 amide bonds. The first-order valence-electron chi connectivity index (χ1n) is 7.03. The Morgan fingerprint density at radius 1 is 1.04 bits per heavy atom. The van der Waals surface area contributed by atoms with E-state index < -0.39 is 33.1 Å². The molecule has 0 bridgehead atoms. The van der Waals surface area contributed by atoms with Crippen LogP contribution in [-0.2, 0) is 9.53 Å². The van der Waals surface area contributed by atoms with E-state index in [-0.39, 0.29) is 18.5 Å². The first-order valence-corrected chi connectivity index (χ1v) is 7.03. The van der Waals surface area contributed by atoms with Crippen molar-refractivity contribution in [3.8, 4) is 0 Å². The topological polar surface area (TPSA) is 130 Å². The molecule has 25 heavy (non-hydrogen) atoms. The van der Waals surface area contributed by atoms with Crippen molar-refractivity contribution in [2.45, 2.75) is 12.5 Å². The quantitative estimate of drug-likeness (QED) is 0.311. The lowest BCUT2D eigenvalue weighted by Gasteiger charge is -2.14. The molecule has 0 saturated carbocycles. The van der Waals surface area contributed by atoms with Crippen LogP contribution in [0.5, 0.6) is 0 Å². The molecule has 0 fully saturated rings. The Bertz CT molecular complexity index is 788. The van der Waals surface area contributed by atoms with Crippen LogP contribution in [-0.4, -0.2) is 22.1 Å². The lowest BCUT2D eigenvalue weighted by molar-refractivity contribution is -0.394. The highest BCUT2D eigenvalue weighted by Gasteiger charge is 2.23. The van der Waals surface area contributed by atoms with Crippen LogP contribution >= 0.6 is 0 Å². The maximum absolute atomic E-state index is 12.4. The number of carbonyl (C=O) groups is 2. The normalized spacial score (nSPS) is 11.4. The van der Waals surface area contributed by atoms with Gasteiger partial charge in [0, 0.05) is 17.7 Å². The van der Waals surface area contributed by atoms with Crippen LogP contribution in [0.15, 0.2) is 48.5 Å². The highest BCUT2D eigenvalue weighted by molar-refractivity contribution is 5.97. The Kier molecular flexibility index (Phi) is 5.51. The number of ether oxygens (including phenoxy) is 1. The number of nitro benzene ring substituents is 2. The van der Waals surface area contributed by atoms with Crippen LogP contribution in [0.25, 0.3) is 0 Å². The van der Waals surface area contributed by atoms with E-state index in [0.717, 1.165) is 18.2 Å². The number of rotatable bonds is 8. The molecule has 2 aromatic carbocycles. The number of benzene rings is 2. The number of Topliss-reactive ketones (excluding diaryl/α,β-unsaturated/α-hetero) is 1. The molecule has 2 rings (SSSR count). The van der Waals surface area contributed by atoms with Crippen LogP contribution in [0.3, 0.4) is 0 Å². The van der Waals surface area contributed by atoms with E-state index >= 15 is 0 Å². The Morgan fingerprint density at radius 3 is 2.08 bits per heavy atom. The molecule has 0 aromatic heterocycles. The third kappa shape index (κ3) is 4.44. The third-order valence-corrected chi connectivity index (χ3v) is 3.41. The molecule has 0 unspecified atom stereocenters. The zero-order valence-corrected chi connectivity index (χ0v) is 12.7. The van der Waals surface area contributed by atoms with Crippen LogP contribution in [0, 0.1) is 20.2 Å². The van der Waals surface area contributed by atoms with E-state index in [1.807, 2.05) is 0 Å². The number of carbonyl (C=O) groups excluding carboxylic acids is 2. The molecule has 0 spiro atoms. The van der Waals surface area contributed by atoms with Gasteiger partial charge in [-0.2, -0.15) is 0 Å². The summed E-state index contributed by atoms with van der Waals surface area (Å²) in [6.45, 7) is 0.195. The van der Waals surface area contributed by atoms with Crippen LogP contribution < -0.4 is 0 Å².